The van der Waals surface area contributed by atoms with Crippen molar-refractivity contribution in [1.29, 1.82) is 0 Å². The third kappa shape index (κ3) is 5.27. The standard InChI is InChI=1S/C22H34N4O2/c1-8-10-11-23-20-19(18(9-2)14-24-20)17(4)25-12-13-26(16(3)15-25)21(27)28-22(5,6)7/h9-11,14,16H,2,8,12-13,15H2,1,3-7H3,(H,23,24)/b11-10+,19-17+. The van der Waals surface area contributed by atoms with E-state index in [1.54, 1.807) is 0 Å². The Hall–Kier alpha value is -2.50. The molecule has 0 aromatic heterocycles. The van der Waals surface area contributed by atoms with Crippen molar-refractivity contribution in [3.05, 3.63) is 48.0 Å². The van der Waals surface area contributed by atoms with E-state index in [0.717, 1.165) is 42.2 Å². The van der Waals surface area contributed by atoms with E-state index in [9.17, 15) is 4.79 Å². The first-order valence-corrected chi connectivity index (χ1v) is 9.96. The van der Waals surface area contributed by atoms with Crippen molar-refractivity contribution in [3.63, 3.8) is 0 Å². The Balaban J connectivity index is 2.15. The van der Waals surface area contributed by atoms with Crippen molar-refractivity contribution >= 4 is 11.9 Å². The van der Waals surface area contributed by atoms with Gasteiger partial charge in [-0.2, -0.15) is 0 Å². The number of aliphatic imine (C=N–C) groups is 1. The van der Waals surface area contributed by atoms with Gasteiger partial charge in [0.2, 0.25) is 0 Å². The van der Waals surface area contributed by atoms with Crippen LogP contribution in [0.4, 0.5) is 4.79 Å². The van der Waals surface area contributed by atoms with Crippen LogP contribution in [0.1, 0.15) is 48.0 Å². The molecular formula is C22H34N4O2. The second kappa shape index (κ2) is 9.13. The molecule has 2 rings (SSSR count). The molecule has 1 fully saturated rings. The molecule has 1 unspecified atom stereocenters. The number of amidine groups is 1. The smallest absolute Gasteiger partial charge is 0.410 e. The first-order valence-electron chi connectivity index (χ1n) is 9.96. The molecule has 0 aromatic carbocycles. The maximum Gasteiger partial charge on any atom is 0.410 e. The molecule has 6 nitrogen and oxygen atoms in total. The fourth-order valence-corrected chi connectivity index (χ4v) is 3.31. The van der Waals surface area contributed by atoms with Crippen LogP contribution in [0, 0.1) is 0 Å². The van der Waals surface area contributed by atoms with Crippen LogP contribution in [0.5, 0.6) is 0 Å². The van der Waals surface area contributed by atoms with E-state index in [-0.39, 0.29) is 12.1 Å². The van der Waals surface area contributed by atoms with Crippen LogP contribution in [0.15, 0.2) is 53.0 Å². The highest BCUT2D eigenvalue weighted by Gasteiger charge is 2.32. The van der Waals surface area contributed by atoms with Gasteiger partial charge in [-0.05, 0) is 47.2 Å². The third-order valence-corrected chi connectivity index (χ3v) is 4.74. The fourth-order valence-electron chi connectivity index (χ4n) is 3.31. The lowest BCUT2D eigenvalue weighted by atomic mass is 10.0. The molecule has 2 aliphatic heterocycles. The van der Waals surface area contributed by atoms with Gasteiger partial charge < -0.3 is 19.9 Å². The molecule has 1 N–H and O–H groups in total. The Morgan fingerprint density at radius 1 is 1.43 bits per heavy atom. The number of hydrogen-bond donors (Lipinski definition) is 1. The van der Waals surface area contributed by atoms with Crippen LogP contribution in [-0.2, 0) is 4.74 Å². The van der Waals surface area contributed by atoms with Gasteiger partial charge in [-0.1, -0.05) is 25.7 Å². The number of amides is 1. The van der Waals surface area contributed by atoms with Crippen LogP contribution in [-0.4, -0.2) is 53.0 Å². The zero-order chi connectivity index (χ0) is 20.9. The lowest BCUT2D eigenvalue weighted by Crippen LogP contribution is -2.54. The van der Waals surface area contributed by atoms with Crippen LogP contribution < -0.4 is 5.32 Å². The van der Waals surface area contributed by atoms with Crippen LogP contribution in [0.3, 0.4) is 0 Å². The summed E-state index contributed by atoms with van der Waals surface area (Å²) >= 11 is 0. The first kappa shape index (κ1) is 21.8. The number of allylic oxidation sites excluding steroid dienone is 3. The number of rotatable bonds is 4. The van der Waals surface area contributed by atoms with Crippen LogP contribution in [0.2, 0.25) is 0 Å². The molecule has 1 saturated heterocycles. The predicted molar refractivity (Wildman–Crippen MR) is 115 cm³/mol. The minimum atomic E-state index is -0.484. The minimum absolute atomic E-state index is 0.0602. The quantitative estimate of drug-likeness (QED) is 0.787. The van der Waals surface area contributed by atoms with Crippen molar-refractivity contribution in [2.24, 2.45) is 4.99 Å². The number of nitrogens with zero attached hydrogens (tertiary/aromatic N) is 3. The monoisotopic (exact) mass is 386 g/mol. The maximum atomic E-state index is 12.5. The third-order valence-electron chi connectivity index (χ3n) is 4.74. The molecule has 0 spiro atoms. The average Bonchev–Trinajstić information content (AvgIpc) is 3.02. The highest BCUT2D eigenvalue weighted by atomic mass is 16.6. The Labute approximate surface area is 169 Å². The van der Waals surface area contributed by atoms with E-state index in [1.807, 2.05) is 44.1 Å². The molecule has 0 aromatic rings. The lowest BCUT2D eigenvalue weighted by Gasteiger charge is -2.42. The van der Waals surface area contributed by atoms with Gasteiger partial charge in [-0.25, -0.2) is 9.79 Å². The molecule has 2 heterocycles. The highest BCUT2D eigenvalue weighted by Crippen LogP contribution is 2.27. The van der Waals surface area contributed by atoms with Crippen LogP contribution >= 0.6 is 0 Å². The minimum Gasteiger partial charge on any atom is -0.444 e. The van der Waals surface area contributed by atoms with E-state index in [2.05, 4.69) is 48.6 Å². The van der Waals surface area contributed by atoms with Gasteiger partial charge in [0.05, 0.1) is 0 Å². The summed E-state index contributed by atoms with van der Waals surface area (Å²) in [7, 11) is 0. The van der Waals surface area contributed by atoms with Gasteiger partial charge in [-0.15, -0.1) is 0 Å². The largest absolute Gasteiger partial charge is 0.444 e. The summed E-state index contributed by atoms with van der Waals surface area (Å²) in [5, 5.41) is 3.28. The van der Waals surface area contributed by atoms with Gasteiger partial charge in [0.1, 0.15) is 11.4 Å². The SMILES string of the molecule is C=CC1=CN=C(N/C=C/CC)/C1=C(\C)N1CCN(C(=O)OC(C)(C)C)C(C)C1. The summed E-state index contributed by atoms with van der Waals surface area (Å²) in [6.45, 7) is 18.0. The number of piperazine rings is 1. The van der Waals surface area contributed by atoms with E-state index in [0.29, 0.717) is 6.54 Å². The molecule has 0 aliphatic carbocycles. The topological polar surface area (TPSA) is 57.2 Å². The number of carbonyl (C=O) groups is 1. The average molecular weight is 387 g/mol. The van der Waals surface area contributed by atoms with Crippen molar-refractivity contribution < 1.29 is 9.53 Å². The normalized spacial score (nSPS) is 22.1. The Kier molecular flexibility index (Phi) is 7.11. The Bertz CT molecular complexity index is 725. The second-order valence-corrected chi connectivity index (χ2v) is 8.15. The van der Waals surface area contributed by atoms with E-state index >= 15 is 0 Å². The molecule has 1 amide bonds. The molecule has 6 heteroatoms. The Morgan fingerprint density at radius 3 is 2.71 bits per heavy atom. The number of ether oxygens (including phenoxy) is 1. The zero-order valence-corrected chi connectivity index (χ0v) is 18.1. The van der Waals surface area contributed by atoms with E-state index < -0.39 is 5.60 Å². The molecule has 28 heavy (non-hydrogen) atoms. The van der Waals surface area contributed by atoms with Gasteiger partial charge in [-0.3, -0.25) is 0 Å². The second-order valence-electron chi connectivity index (χ2n) is 8.15. The summed E-state index contributed by atoms with van der Waals surface area (Å²) in [4.78, 5) is 21.1. The summed E-state index contributed by atoms with van der Waals surface area (Å²) in [6, 6.07) is 0.0602. The van der Waals surface area contributed by atoms with Gasteiger partial charge >= 0.3 is 6.09 Å². The van der Waals surface area contributed by atoms with Crippen LogP contribution in [0.25, 0.3) is 0 Å². The summed E-state index contributed by atoms with van der Waals surface area (Å²) in [5.74, 6) is 0.833. The van der Waals surface area contributed by atoms with Crippen molar-refractivity contribution in [2.75, 3.05) is 19.6 Å². The molecule has 0 radical (unpaired) electrons. The van der Waals surface area contributed by atoms with Crippen molar-refractivity contribution in [1.82, 2.24) is 15.1 Å². The van der Waals surface area contributed by atoms with E-state index in [4.69, 9.17) is 4.74 Å². The van der Waals surface area contributed by atoms with Gasteiger partial charge in [0.15, 0.2) is 0 Å². The summed E-state index contributed by atoms with van der Waals surface area (Å²) in [6.07, 6.45) is 8.38. The molecule has 0 saturated carbocycles. The van der Waals surface area contributed by atoms with Crippen molar-refractivity contribution in [2.45, 2.75) is 59.6 Å². The Morgan fingerprint density at radius 2 is 2.14 bits per heavy atom. The molecule has 0 bridgehead atoms. The zero-order valence-electron chi connectivity index (χ0n) is 18.1. The summed E-state index contributed by atoms with van der Waals surface area (Å²) in [5.41, 5.74) is 2.72. The lowest BCUT2D eigenvalue weighted by molar-refractivity contribution is 0.00495. The van der Waals surface area contributed by atoms with Crippen molar-refractivity contribution in [3.8, 4) is 0 Å². The first-order chi connectivity index (χ1) is 13.2. The van der Waals surface area contributed by atoms with Gasteiger partial charge in [0.25, 0.3) is 0 Å². The van der Waals surface area contributed by atoms with E-state index in [1.165, 1.54) is 0 Å². The summed E-state index contributed by atoms with van der Waals surface area (Å²) < 4.78 is 5.55. The number of nitrogens with one attached hydrogen (secondary N) is 1. The predicted octanol–water partition coefficient (Wildman–Crippen LogP) is 4.20. The maximum absolute atomic E-state index is 12.5. The number of carbonyl (C=O) groups excluding carboxylic acids is 1. The molecule has 1 atom stereocenters. The number of hydrogen-bond acceptors (Lipinski definition) is 5. The fraction of sp³-hybridized carbons (Fsp3) is 0.545. The molecule has 154 valence electrons. The molecule has 2 aliphatic rings. The highest BCUT2D eigenvalue weighted by molar-refractivity contribution is 6.06. The van der Waals surface area contributed by atoms with Gasteiger partial charge in [0, 0.05) is 48.7 Å². The molecular weight excluding hydrogens is 352 g/mol.